The van der Waals surface area contributed by atoms with E-state index in [1.165, 1.54) is 25.7 Å². The fraction of sp³-hybridized carbons (Fsp3) is 0.923. The maximum absolute atomic E-state index is 11.9. The molecule has 2 N–H and O–H groups in total. The van der Waals surface area contributed by atoms with Gasteiger partial charge in [-0.1, -0.05) is 19.8 Å². The van der Waals surface area contributed by atoms with E-state index in [0.717, 1.165) is 32.5 Å². The summed E-state index contributed by atoms with van der Waals surface area (Å²) in [4.78, 5) is 11.9. The van der Waals surface area contributed by atoms with E-state index in [0.29, 0.717) is 17.2 Å². The van der Waals surface area contributed by atoms with Crippen molar-refractivity contribution in [2.24, 2.45) is 11.3 Å². The lowest BCUT2D eigenvalue weighted by Crippen LogP contribution is -2.34. The molecule has 1 amide bonds. The molecule has 16 heavy (non-hydrogen) atoms. The van der Waals surface area contributed by atoms with Gasteiger partial charge in [-0.2, -0.15) is 0 Å². The summed E-state index contributed by atoms with van der Waals surface area (Å²) in [6.45, 7) is 5.25. The summed E-state index contributed by atoms with van der Waals surface area (Å²) in [6, 6.07) is 0. The molecule has 1 atom stereocenters. The third-order valence-corrected chi connectivity index (χ3v) is 4.19. The summed E-state index contributed by atoms with van der Waals surface area (Å²) in [7, 11) is 0. The van der Waals surface area contributed by atoms with Gasteiger partial charge in [-0.05, 0) is 44.2 Å². The first kappa shape index (κ1) is 11.9. The van der Waals surface area contributed by atoms with Crippen LogP contribution in [0.1, 0.15) is 45.4 Å². The Labute approximate surface area is 98.4 Å². The summed E-state index contributed by atoms with van der Waals surface area (Å²) < 4.78 is 0. The van der Waals surface area contributed by atoms with Crippen molar-refractivity contribution in [1.29, 1.82) is 0 Å². The Hall–Kier alpha value is -0.570. The van der Waals surface area contributed by atoms with E-state index in [1.54, 1.807) is 0 Å². The Morgan fingerprint density at radius 1 is 1.38 bits per heavy atom. The number of nitrogens with one attached hydrogen (secondary N) is 2. The molecule has 0 radical (unpaired) electrons. The third kappa shape index (κ3) is 2.57. The summed E-state index contributed by atoms with van der Waals surface area (Å²) in [6.07, 6.45) is 7.09. The molecule has 2 aliphatic rings. The highest BCUT2D eigenvalue weighted by molar-refractivity contribution is 5.82. The van der Waals surface area contributed by atoms with Crippen LogP contribution in [0.4, 0.5) is 0 Å². The Morgan fingerprint density at radius 2 is 2.12 bits per heavy atom. The van der Waals surface area contributed by atoms with Gasteiger partial charge in [-0.3, -0.25) is 4.79 Å². The fourth-order valence-electron chi connectivity index (χ4n) is 2.91. The molecule has 0 aromatic heterocycles. The first-order chi connectivity index (χ1) is 7.78. The van der Waals surface area contributed by atoms with Crippen LogP contribution in [0.5, 0.6) is 0 Å². The number of rotatable bonds is 5. The highest BCUT2D eigenvalue weighted by Gasteiger charge is 2.57. The van der Waals surface area contributed by atoms with Gasteiger partial charge < -0.3 is 10.6 Å². The van der Waals surface area contributed by atoms with Crippen LogP contribution in [0.3, 0.4) is 0 Å². The number of piperidine rings is 1. The van der Waals surface area contributed by atoms with Crippen molar-refractivity contribution in [3.8, 4) is 0 Å². The molecule has 3 heteroatoms. The van der Waals surface area contributed by atoms with Crippen LogP contribution < -0.4 is 10.6 Å². The van der Waals surface area contributed by atoms with Gasteiger partial charge in [0.1, 0.15) is 0 Å². The zero-order valence-electron chi connectivity index (χ0n) is 10.3. The molecule has 1 spiro atoms. The molecule has 1 unspecified atom stereocenters. The molecule has 3 nitrogen and oxygen atoms in total. The molecule has 0 bridgehead atoms. The first-order valence-corrected chi connectivity index (χ1v) is 6.77. The van der Waals surface area contributed by atoms with Crippen molar-refractivity contribution < 1.29 is 4.79 Å². The van der Waals surface area contributed by atoms with Crippen LogP contribution >= 0.6 is 0 Å². The lowest BCUT2D eigenvalue weighted by molar-refractivity contribution is -0.123. The molecule has 2 rings (SSSR count). The number of amides is 1. The Kier molecular flexibility index (Phi) is 3.85. The van der Waals surface area contributed by atoms with Crippen LogP contribution in [-0.2, 0) is 4.79 Å². The Balaban J connectivity index is 1.67. The Bertz CT molecular complexity index is 246. The van der Waals surface area contributed by atoms with Gasteiger partial charge in [0.15, 0.2) is 0 Å². The molecule has 2 fully saturated rings. The lowest BCUT2D eigenvalue weighted by atomic mass is 9.92. The molecule has 1 saturated heterocycles. The van der Waals surface area contributed by atoms with Gasteiger partial charge in [-0.25, -0.2) is 0 Å². The van der Waals surface area contributed by atoms with E-state index in [1.807, 2.05) is 0 Å². The summed E-state index contributed by atoms with van der Waals surface area (Å²) in [5, 5.41) is 6.46. The molecule has 0 aromatic rings. The third-order valence-electron chi connectivity index (χ3n) is 4.19. The second kappa shape index (κ2) is 5.17. The van der Waals surface area contributed by atoms with Gasteiger partial charge in [0.2, 0.25) is 5.91 Å². The van der Waals surface area contributed by atoms with Crippen molar-refractivity contribution >= 4 is 5.91 Å². The minimum Gasteiger partial charge on any atom is -0.356 e. The van der Waals surface area contributed by atoms with E-state index in [2.05, 4.69) is 17.6 Å². The molecule has 1 heterocycles. The van der Waals surface area contributed by atoms with Gasteiger partial charge in [-0.15, -0.1) is 0 Å². The topological polar surface area (TPSA) is 41.1 Å². The van der Waals surface area contributed by atoms with Gasteiger partial charge in [0, 0.05) is 12.5 Å². The number of carbonyl (C=O) groups is 1. The monoisotopic (exact) mass is 224 g/mol. The van der Waals surface area contributed by atoms with Crippen LogP contribution in [0.15, 0.2) is 0 Å². The summed E-state index contributed by atoms with van der Waals surface area (Å²) in [5.41, 5.74) is 0.389. The van der Waals surface area contributed by atoms with Crippen molar-refractivity contribution in [2.75, 3.05) is 19.6 Å². The number of carbonyl (C=O) groups excluding carboxylic acids is 1. The van der Waals surface area contributed by atoms with Crippen molar-refractivity contribution in [2.45, 2.75) is 45.4 Å². The molecule has 1 aliphatic heterocycles. The Morgan fingerprint density at radius 3 is 2.81 bits per heavy atom. The van der Waals surface area contributed by atoms with Crippen molar-refractivity contribution in [1.82, 2.24) is 10.6 Å². The minimum atomic E-state index is 0.318. The van der Waals surface area contributed by atoms with Gasteiger partial charge in [0.05, 0.1) is 0 Å². The largest absolute Gasteiger partial charge is 0.356 e. The maximum Gasteiger partial charge on any atom is 0.223 e. The SMILES string of the molecule is CCCCCNC(=O)C1CC12CCNCC2. The maximum atomic E-state index is 11.9. The standard InChI is InChI=1S/C13H24N2O/c1-2-3-4-7-15-12(16)11-10-13(11)5-8-14-9-6-13/h11,14H,2-10H2,1H3,(H,15,16). The number of hydrogen-bond acceptors (Lipinski definition) is 2. The predicted octanol–water partition coefficient (Wildman–Crippen LogP) is 1.68. The number of hydrogen-bond donors (Lipinski definition) is 2. The molecular weight excluding hydrogens is 200 g/mol. The smallest absolute Gasteiger partial charge is 0.223 e. The number of unbranched alkanes of at least 4 members (excludes halogenated alkanes) is 2. The van der Waals surface area contributed by atoms with Crippen molar-refractivity contribution in [3.05, 3.63) is 0 Å². The highest BCUT2D eigenvalue weighted by atomic mass is 16.2. The van der Waals surface area contributed by atoms with Gasteiger partial charge >= 0.3 is 0 Å². The highest BCUT2D eigenvalue weighted by Crippen LogP contribution is 2.58. The molecule has 1 aliphatic carbocycles. The zero-order valence-corrected chi connectivity index (χ0v) is 10.3. The average Bonchev–Trinajstić information content (AvgIpc) is 2.99. The lowest BCUT2D eigenvalue weighted by Gasteiger charge is -2.23. The molecule has 1 saturated carbocycles. The summed E-state index contributed by atoms with van der Waals surface area (Å²) >= 11 is 0. The predicted molar refractivity (Wildman–Crippen MR) is 65.2 cm³/mol. The van der Waals surface area contributed by atoms with E-state index in [4.69, 9.17) is 0 Å². The van der Waals surface area contributed by atoms with E-state index in [9.17, 15) is 4.79 Å². The van der Waals surface area contributed by atoms with Gasteiger partial charge in [0.25, 0.3) is 0 Å². The van der Waals surface area contributed by atoms with Crippen molar-refractivity contribution in [3.63, 3.8) is 0 Å². The second-order valence-corrected chi connectivity index (χ2v) is 5.37. The molecular formula is C13H24N2O. The van der Waals surface area contributed by atoms with E-state index in [-0.39, 0.29) is 0 Å². The zero-order chi connectivity index (χ0) is 11.4. The van der Waals surface area contributed by atoms with Crippen LogP contribution in [0, 0.1) is 11.3 Å². The average molecular weight is 224 g/mol. The van der Waals surface area contributed by atoms with E-state index < -0.39 is 0 Å². The second-order valence-electron chi connectivity index (χ2n) is 5.37. The van der Waals surface area contributed by atoms with Crippen LogP contribution in [0.25, 0.3) is 0 Å². The normalized spacial score (nSPS) is 26.7. The molecule has 92 valence electrons. The molecule has 0 aromatic carbocycles. The first-order valence-electron chi connectivity index (χ1n) is 6.77. The minimum absolute atomic E-state index is 0.318. The summed E-state index contributed by atoms with van der Waals surface area (Å²) in [5.74, 6) is 0.647. The van der Waals surface area contributed by atoms with Crippen LogP contribution in [0.2, 0.25) is 0 Å². The quantitative estimate of drug-likeness (QED) is 0.698. The van der Waals surface area contributed by atoms with Crippen LogP contribution in [-0.4, -0.2) is 25.5 Å². The van der Waals surface area contributed by atoms with E-state index >= 15 is 0 Å². The fourth-order valence-corrected chi connectivity index (χ4v) is 2.91.